The maximum atomic E-state index is 3.57. The van der Waals surface area contributed by atoms with E-state index in [-0.39, 0.29) is 5.54 Å². The third kappa shape index (κ3) is 6.39. The maximum Gasteiger partial charge on any atom is 0.00966 e. The molecular formula is C12H28N2. The van der Waals surface area contributed by atoms with Crippen molar-refractivity contribution in [1.82, 2.24) is 10.6 Å². The van der Waals surface area contributed by atoms with Gasteiger partial charge < -0.3 is 10.6 Å². The van der Waals surface area contributed by atoms with Crippen LogP contribution in [0.1, 0.15) is 41.5 Å². The molecule has 2 N–H and O–H groups in total. The third-order valence-corrected chi connectivity index (χ3v) is 2.55. The number of nitrogens with one attached hydrogen (secondary N) is 2. The van der Waals surface area contributed by atoms with E-state index >= 15 is 0 Å². The molecule has 14 heavy (non-hydrogen) atoms. The van der Waals surface area contributed by atoms with E-state index in [2.05, 4.69) is 52.2 Å². The Bertz CT molecular complexity index is 151. The molecule has 86 valence electrons. The summed E-state index contributed by atoms with van der Waals surface area (Å²) >= 11 is 0. The molecule has 0 aliphatic heterocycles. The Hall–Kier alpha value is -0.0800. The van der Waals surface area contributed by atoms with E-state index in [0.717, 1.165) is 13.1 Å². The van der Waals surface area contributed by atoms with E-state index in [0.29, 0.717) is 11.3 Å². The Kier molecular flexibility index (Phi) is 5.10. The van der Waals surface area contributed by atoms with Crippen LogP contribution in [0.25, 0.3) is 0 Å². The lowest BCUT2D eigenvalue weighted by Gasteiger charge is -2.33. The van der Waals surface area contributed by atoms with Crippen molar-refractivity contribution in [3.63, 3.8) is 0 Å². The van der Waals surface area contributed by atoms with Crippen molar-refractivity contribution < 1.29 is 0 Å². The van der Waals surface area contributed by atoms with Crippen LogP contribution in [0.3, 0.4) is 0 Å². The average molecular weight is 200 g/mol. The molecular weight excluding hydrogens is 172 g/mol. The zero-order chi connectivity index (χ0) is 11.4. The summed E-state index contributed by atoms with van der Waals surface area (Å²) in [5, 5.41) is 6.84. The van der Waals surface area contributed by atoms with E-state index in [1.807, 2.05) is 7.05 Å². The maximum absolute atomic E-state index is 3.57. The fourth-order valence-electron chi connectivity index (χ4n) is 1.36. The Morgan fingerprint density at radius 1 is 0.929 bits per heavy atom. The first-order valence-electron chi connectivity index (χ1n) is 5.56. The summed E-state index contributed by atoms with van der Waals surface area (Å²) in [4.78, 5) is 0. The molecule has 0 aliphatic rings. The Balaban J connectivity index is 4.12. The quantitative estimate of drug-likeness (QED) is 0.727. The first-order valence-corrected chi connectivity index (χ1v) is 5.56. The van der Waals surface area contributed by atoms with Crippen molar-refractivity contribution in [2.45, 2.75) is 47.1 Å². The van der Waals surface area contributed by atoms with Crippen LogP contribution in [-0.2, 0) is 0 Å². The van der Waals surface area contributed by atoms with Gasteiger partial charge in [0.15, 0.2) is 0 Å². The van der Waals surface area contributed by atoms with Gasteiger partial charge in [-0.1, -0.05) is 20.8 Å². The van der Waals surface area contributed by atoms with E-state index in [4.69, 9.17) is 0 Å². The minimum atomic E-state index is 0.219. The van der Waals surface area contributed by atoms with E-state index in [1.165, 1.54) is 0 Å². The van der Waals surface area contributed by atoms with Gasteiger partial charge in [0.1, 0.15) is 0 Å². The average Bonchev–Trinajstić information content (AvgIpc) is 1.93. The lowest BCUT2D eigenvalue weighted by molar-refractivity contribution is 0.213. The largest absolute Gasteiger partial charge is 0.319 e. The van der Waals surface area contributed by atoms with Crippen molar-refractivity contribution in [3.8, 4) is 0 Å². The highest BCUT2D eigenvalue weighted by Crippen LogP contribution is 2.25. The number of hydrogen-bond acceptors (Lipinski definition) is 2. The second-order valence-electron chi connectivity index (χ2n) is 6.25. The predicted molar refractivity (Wildman–Crippen MR) is 64.6 cm³/mol. The molecule has 0 spiro atoms. The van der Waals surface area contributed by atoms with Gasteiger partial charge in [0.05, 0.1) is 0 Å². The van der Waals surface area contributed by atoms with Gasteiger partial charge in [0.2, 0.25) is 0 Å². The van der Waals surface area contributed by atoms with Crippen LogP contribution in [0.2, 0.25) is 0 Å². The molecule has 2 nitrogen and oxygen atoms in total. The molecule has 0 fully saturated rings. The van der Waals surface area contributed by atoms with Gasteiger partial charge in [-0.2, -0.15) is 0 Å². The van der Waals surface area contributed by atoms with Gasteiger partial charge in [-0.3, -0.25) is 0 Å². The van der Waals surface area contributed by atoms with Crippen LogP contribution in [0.15, 0.2) is 0 Å². The molecule has 0 rings (SSSR count). The van der Waals surface area contributed by atoms with Gasteiger partial charge in [-0.15, -0.1) is 0 Å². The second-order valence-corrected chi connectivity index (χ2v) is 6.25. The normalized spacial score (nSPS) is 15.6. The SMILES string of the molecule is CNCC(CNC(C)(C)C)C(C)(C)C. The van der Waals surface area contributed by atoms with Crippen LogP contribution < -0.4 is 10.6 Å². The zero-order valence-electron chi connectivity index (χ0n) is 11.0. The van der Waals surface area contributed by atoms with Crippen molar-refractivity contribution in [2.75, 3.05) is 20.1 Å². The lowest BCUT2D eigenvalue weighted by Crippen LogP contribution is -2.44. The summed E-state index contributed by atoms with van der Waals surface area (Å²) in [6.45, 7) is 15.7. The van der Waals surface area contributed by atoms with Crippen LogP contribution in [-0.4, -0.2) is 25.7 Å². The number of rotatable bonds is 4. The summed E-state index contributed by atoms with van der Waals surface area (Å²) in [7, 11) is 2.02. The molecule has 1 atom stereocenters. The molecule has 0 radical (unpaired) electrons. The highest BCUT2D eigenvalue weighted by molar-refractivity contribution is 4.81. The van der Waals surface area contributed by atoms with Gasteiger partial charge in [-0.05, 0) is 45.7 Å². The minimum absolute atomic E-state index is 0.219. The topological polar surface area (TPSA) is 24.1 Å². The van der Waals surface area contributed by atoms with Gasteiger partial charge >= 0.3 is 0 Å². The smallest absolute Gasteiger partial charge is 0.00966 e. The molecule has 0 aromatic carbocycles. The van der Waals surface area contributed by atoms with Crippen LogP contribution in [0.5, 0.6) is 0 Å². The molecule has 0 aromatic rings. The third-order valence-electron chi connectivity index (χ3n) is 2.55. The van der Waals surface area contributed by atoms with Crippen LogP contribution in [0, 0.1) is 11.3 Å². The van der Waals surface area contributed by atoms with Crippen LogP contribution in [0.4, 0.5) is 0 Å². The summed E-state index contributed by atoms with van der Waals surface area (Å²) in [6.07, 6.45) is 0. The van der Waals surface area contributed by atoms with E-state index < -0.39 is 0 Å². The summed E-state index contributed by atoms with van der Waals surface area (Å²) in [5.74, 6) is 0.673. The van der Waals surface area contributed by atoms with E-state index in [9.17, 15) is 0 Å². The summed E-state index contributed by atoms with van der Waals surface area (Å²) < 4.78 is 0. The highest BCUT2D eigenvalue weighted by atomic mass is 15.0. The molecule has 0 saturated carbocycles. The standard InChI is InChI=1S/C12H28N2/c1-11(2,3)10(8-13-7)9-14-12(4,5)6/h10,13-14H,8-9H2,1-7H3. The van der Waals surface area contributed by atoms with Crippen molar-refractivity contribution >= 4 is 0 Å². The highest BCUT2D eigenvalue weighted by Gasteiger charge is 2.24. The Morgan fingerprint density at radius 2 is 1.43 bits per heavy atom. The second kappa shape index (κ2) is 5.13. The summed E-state index contributed by atoms with van der Waals surface area (Å²) in [5.41, 5.74) is 0.582. The monoisotopic (exact) mass is 200 g/mol. The fourth-order valence-corrected chi connectivity index (χ4v) is 1.36. The van der Waals surface area contributed by atoms with Crippen molar-refractivity contribution in [3.05, 3.63) is 0 Å². The molecule has 0 saturated heterocycles. The van der Waals surface area contributed by atoms with E-state index in [1.54, 1.807) is 0 Å². The molecule has 0 amide bonds. The fraction of sp³-hybridized carbons (Fsp3) is 1.00. The van der Waals surface area contributed by atoms with Gasteiger partial charge in [0, 0.05) is 12.1 Å². The Morgan fingerprint density at radius 3 is 1.71 bits per heavy atom. The zero-order valence-corrected chi connectivity index (χ0v) is 11.0. The molecule has 0 bridgehead atoms. The lowest BCUT2D eigenvalue weighted by atomic mass is 9.80. The van der Waals surface area contributed by atoms with Gasteiger partial charge in [0.25, 0.3) is 0 Å². The molecule has 2 heteroatoms. The molecule has 1 unspecified atom stereocenters. The minimum Gasteiger partial charge on any atom is -0.319 e. The summed E-state index contributed by atoms with van der Waals surface area (Å²) in [6, 6.07) is 0. The van der Waals surface area contributed by atoms with Crippen molar-refractivity contribution in [2.24, 2.45) is 11.3 Å². The first-order chi connectivity index (χ1) is 6.17. The molecule has 0 aliphatic carbocycles. The van der Waals surface area contributed by atoms with Crippen molar-refractivity contribution in [1.29, 1.82) is 0 Å². The molecule has 0 heterocycles. The number of hydrogen-bond donors (Lipinski definition) is 2. The Labute approximate surface area is 89.9 Å². The van der Waals surface area contributed by atoms with Gasteiger partial charge in [-0.25, -0.2) is 0 Å². The van der Waals surface area contributed by atoms with Crippen LogP contribution >= 0.6 is 0 Å². The molecule has 0 aromatic heterocycles. The predicted octanol–water partition coefficient (Wildman–Crippen LogP) is 2.26. The first kappa shape index (κ1) is 13.9.